The second kappa shape index (κ2) is 6.95. The average Bonchev–Trinajstić information content (AvgIpc) is 2.95. The average molecular weight is 317 g/mol. The number of hydrogen-bond acceptors (Lipinski definition) is 5. The predicted octanol–water partition coefficient (Wildman–Crippen LogP) is 1.81. The fourth-order valence-electron chi connectivity index (χ4n) is 1.94. The van der Waals surface area contributed by atoms with Gasteiger partial charge in [-0.1, -0.05) is 12.1 Å². The van der Waals surface area contributed by atoms with Crippen LogP contribution in [0.4, 0.5) is 0 Å². The Morgan fingerprint density at radius 3 is 2.65 bits per heavy atom. The molecule has 7 heteroatoms. The van der Waals surface area contributed by atoms with Gasteiger partial charge >= 0.3 is 11.8 Å². The number of para-hydroxylation sites is 1. The van der Waals surface area contributed by atoms with Gasteiger partial charge in [-0.25, -0.2) is 5.43 Å². The first-order chi connectivity index (χ1) is 10.9. The largest absolute Gasteiger partial charge is 0.493 e. The maximum absolute atomic E-state index is 11.6. The molecule has 0 bridgehead atoms. The fraction of sp³-hybridized carbons (Fsp3) is 0.312. The van der Waals surface area contributed by atoms with Gasteiger partial charge < -0.3 is 14.5 Å². The standard InChI is InChI=1S/C16H19N3O4/c1-9(2)17-15(20)16(21)19-18-10(3)13-8-11-6-5-7-12(22-4)14(11)23-13/h5-9H,1-4H3,(H,17,20)(H,19,21)/b18-10-. The van der Waals surface area contributed by atoms with Crippen molar-refractivity contribution in [3.8, 4) is 5.75 Å². The van der Waals surface area contributed by atoms with Gasteiger partial charge in [0.05, 0.1) is 7.11 Å². The molecular formula is C16H19N3O4. The first-order valence-corrected chi connectivity index (χ1v) is 7.14. The summed E-state index contributed by atoms with van der Waals surface area (Å²) >= 11 is 0. The molecule has 2 N–H and O–H groups in total. The highest BCUT2D eigenvalue weighted by Gasteiger charge is 2.15. The summed E-state index contributed by atoms with van der Waals surface area (Å²) in [5, 5.41) is 7.24. The van der Waals surface area contributed by atoms with E-state index < -0.39 is 11.8 Å². The first-order valence-electron chi connectivity index (χ1n) is 7.14. The molecule has 122 valence electrons. The van der Waals surface area contributed by atoms with Crippen LogP contribution in [0.3, 0.4) is 0 Å². The van der Waals surface area contributed by atoms with E-state index in [1.165, 1.54) is 0 Å². The molecule has 1 heterocycles. The molecule has 23 heavy (non-hydrogen) atoms. The van der Waals surface area contributed by atoms with Gasteiger partial charge in [-0.05, 0) is 32.9 Å². The highest BCUT2D eigenvalue weighted by Crippen LogP contribution is 2.28. The van der Waals surface area contributed by atoms with Crippen molar-refractivity contribution < 1.29 is 18.7 Å². The van der Waals surface area contributed by atoms with Crippen LogP contribution in [0.1, 0.15) is 26.5 Å². The second-order valence-electron chi connectivity index (χ2n) is 5.26. The number of ether oxygens (including phenoxy) is 1. The van der Waals surface area contributed by atoms with Crippen molar-refractivity contribution in [3.05, 3.63) is 30.0 Å². The van der Waals surface area contributed by atoms with E-state index in [0.717, 1.165) is 5.39 Å². The van der Waals surface area contributed by atoms with Gasteiger partial charge in [-0.15, -0.1) is 0 Å². The van der Waals surface area contributed by atoms with Crippen LogP contribution >= 0.6 is 0 Å². The number of hydrazone groups is 1. The molecule has 0 saturated heterocycles. The summed E-state index contributed by atoms with van der Waals surface area (Å²) in [5.41, 5.74) is 3.24. The van der Waals surface area contributed by atoms with Crippen LogP contribution in [0.2, 0.25) is 0 Å². The fourth-order valence-corrected chi connectivity index (χ4v) is 1.94. The number of amides is 2. The molecule has 2 amide bonds. The quantitative estimate of drug-likeness (QED) is 0.511. The molecule has 1 aromatic carbocycles. The zero-order valence-corrected chi connectivity index (χ0v) is 13.5. The monoisotopic (exact) mass is 317 g/mol. The molecule has 0 saturated carbocycles. The van der Waals surface area contributed by atoms with E-state index in [1.54, 1.807) is 40.0 Å². The van der Waals surface area contributed by atoms with E-state index >= 15 is 0 Å². The molecule has 1 aromatic heterocycles. The number of carbonyl (C=O) groups excluding carboxylic acids is 2. The van der Waals surface area contributed by atoms with E-state index in [0.29, 0.717) is 22.8 Å². The number of nitrogens with one attached hydrogen (secondary N) is 2. The van der Waals surface area contributed by atoms with Crippen molar-refractivity contribution in [2.24, 2.45) is 5.10 Å². The number of benzene rings is 1. The molecule has 0 aliphatic rings. The van der Waals surface area contributed by atoms with Crippen molar-refractivity contribution in [1.82, 2.24) is 10.7 Å². The molecule has 2 rings (SSSR count). The maximum atomic E-state index is 11.6. The smallest absolute Gasteiger partial charge is 0.329 e. The Bertz CT molecular complexity index is 762. The summed E-state index contributed by atoms with van der Waals surface area (Å²) < 4.78 is 10.9. The highest BCUT2D eigenvalue weighted by molar-refractivity contribution is 6.35. The van der Waals surface area contributed by atoms with Crippen LogP contribution in [0.25, 0.3) is 11.0 Å². The third-order valence-electron chi connectivity index (χ3n) is 3.04. The molecule has 0 unspecified atom stereocenters. The summed E-state index contributed by atoms with van der Waals surface area (Å²) in [5.74, 6) is -0.467. The van der Waals surface area contributed by atoms with Gasteiger partial charge in [0, 0.05) is 11.4 Å². The SMILES string of the molecule is COc1cccc2cc(/C(C)=N\NC(=O)C(=O)NC(C)C)oc12. The van der Waals surface area contributed by atoms with E-state index in [4.69, 9.17) is 9.15 Å². The van der Waals surface area contributed by atoms with Gasteiger partial charge in [0.1, 0.15) is 5.71 Å². The third kappa shape index (κ3) is 3.88. The Balaban J connectivity index is 2.15. The van der Waals surface area contributed by atoms with Gasteiger partial charge in [0.25, 0.3) is 0 Å². The number of rotatable bonds is 4. The number of fused-ring (bicyclic) bond motifs is 1. The maximum Gasteiger partial charge on any atom is 0.329 e. The number of furan rings is 1. The number of carbonyl (C=O) groups is 2. The lowest BCUT2D eigenvalue weighted by atomic mass is 10.2. The van der Waals surface area contributed by atoms with Crippen LogP contribution in [0.15, 0.2) is 33.8 Å². The molecule has 2 aromatic rings. The Hall–Kier alpha value is -2.83. The van der Waals surface area contributed by atoms with Crippen molar-refractivity contribution in [1.29, 1.82) is 0 Å². The van der Waals surface area contributed by atoms with Crippen LogP contribution < -0.4 is 15.5 Å². The summed E-state index contributed by atoms with van der Waals surface area (Å²) in [6.07, 6.45) is 0. The summed E-state index contributed by atoms with van der Waals surface area (Å²) in [4.78, 5) is 23.1. The first kappa shape index (κ1) is 16.5. The minimum Gasteiger partial charge on any atom is -0.493 e. The Labute approximate surface area is 133 Å². The summed E-state index contributed by atoms with van der Waals surface area (Å²) in [7, 11) is 1.56. The zero-order chi connectivity index (χ0) is 17.0. The number of hydrogen-bond donors (Lipinski definition) is 2. The molecular weight excluding hydrogens is 298 g/mol. The number of methoxy groups -OCH3 is 1. The minimum atomic E-state index is -0.827. The van der Waals surface area contributed by atoms with Crippen LogP contribution in [0, 0.1) is 0 Å². The van der Waals surface area contributed by atoms with Crippen molar-refractivity contribution in [2.45, 2.75) is 26.8 Å². The van der Waals surface area contributed by atoms with Gasteiger partial charge in [0.15, 0.2) is 17.1 Å². The second-order valence-corrected chi connectivity index (χ2v) is 5.26. The Kier molecular flexibility index (Phi) is 5.00. The number of nitrogens with zero attached hydrogens (tertiary/aromatic N) is 1. The lowest BCUT2D eigenvalue weighted by Crippen LogP contribution is -2.41. The molecule has 7 nitrogen and oxygen atoms in total. The van der Waals surface area contributed by atoms with Crippen molar-refractivity contribution in [3.63, 3.8) is 0 Å². The lowest BCUT2D eigenvalue weighted by Gasteiger charge is -2.06. The van der Waals surface area contributed by atoms with E-state index in [1.807, 2.05) is 12.1 Å². The van der Waals surface area contributed by atoms with Gasteiger partial charge in [-0.3, -0.25) is 9.59 Å². The predicted molar refractivity (Wildman–Crippen MR) is 86.4 cm³/mol. The third-order valence-corrected chi connectivity index (χ3v) is 3.04. The Morgan fingerprint density at radius 1 is 1.26 bits per heavy atom. The van der Waals surface area contributed by atoms with Crippen LogP contribution in [0.5, 0.6) is 5.75 Å². The van der Waals surface area contributed by atoms with E-state index in [2.05, 4.69) is 15.8 Å². The molecule has 0 fully saturated rings. The van der Waals surface area contributed by atoms with Crippen molar-refractivity contribution in [2.75, 3.05) is 7.11 Å². The zero-order valence-electron chi connectivity index (χ0n) is 13.5. The van der Waals surface area contributed by atoms with Gasteiger partial charge in [0.2, 0.25) is 0 Å². The molecule has 0 atom stereocenters. The summed E-state index contributed by atoms with van der Waals surface area (Å²) in [6.45, 7) is 5.20. The van der Waals surface area contributed by atoms with E-state index in [-0.39, 0.29) is 6.04 Å². The Morgan fingerprint density at radius 2 is 2.00 bits per heavy atom. The van der Waals surface area contributed by atoms with Crippen molar-refractivity contribution >= 4 is 28.5 Å². The van der Waals surface area contributed by atoms with E-state index in [9.17, 15) is 9.59 Å². The molecule has 0 radical (unpaired) electrons. The van der Waals surface area contributed by atoms with Crippen LogP contribution in [-0.2, 0) is 9.59 Å². The lowest BCUT2D eigenvalue weighted by molar-refractivity contribution is -0.139. The normalized spacial score (nSPS) is 11.6. The molecule has 0 aliphatic carbocycles. The van der Waals surface area contributed by atoms with Gasteiger partial charge in [-0.2, -0.15) is 5.10 Å². The minimum absolute atomic E-state index is 0.124. The molecule has 0 spiro atoms. The topological polar surface area (TPSA) is 92.9 Å². The molecule has 0 aliphatic heterocycles. The summed E-state index contributed by atoms with van der Waals surface area (Å²) in [6, 6.07) is 7.19. The highest BCUT2D eigenvalue weighted by atomic mass is 16.5. The van der Waals surface area contributed by atoms with Crippen LogP contribution in [-0.4, -0.2) is 30.7 Å².